The van der Waals surface area contributed by atoms with E-state index in [1.807, 2.05) is 0 Å². The number of nitrogens with zero attached hydrogens (tertiary/aromatic N) is 1. The van der Waals surface area contributed by atoms with Crippen molar-refractivity contribution in [1.29, 1.82) is 0 Å². The van der Waals surface area contributed by atoms with Gasteiger partial charge in [-0.25, -0.2) is 4.79 Å². The number of hydrogen-bond acceptors (Lipinski definition) is 4. The first-order valence-corrected chi connectivity index (χ1v) is 6.24. The Balaban J connectivity index is 0.00000289. The number of likely N-dealkylation sites (tertiary alicyclic amines) is 1. The molecule has 1 N–H and O–H groups in total. The van der Waals surface area contributed by atoms with E-state index in [1.54, 1.807) is 0 Å². The third-order valence-electron chi connectivity index (χ3n) is 3.28. The quantitative estimate of drug-likeness (QED) is 0.747. The molecule has 6 heteroatoms. The topological polar surface area (TPSA) is 58.6 Å². The van der Waals surface area contributed by atoms with Crippen molar-refractivity contribution in [3.8, 4) is 0 Å². The molecule has 0 bridgehead atoms. The molecule has 0 atom stereocenters. The molecule has 0 radical (unpaired) electrons. The van der Waals surface area contributed by atoms with Crippen LogP contribution in [0.3, 0.4) is 0 Å². The number of alkyl carbamates (subject to hydrolysis) is 1. The van der Waals surface area contributed by atoms with Gasteiger partial charge in [-0.2, -0.15) is 0 Å². The highest BCUT2D eigenvalue weighted by Crippen LogP contribution is 2.20. The van der Waals surface area contributed by atoms with E-state index < -0.39 is 0 Å². The molecule has 1 amide bonds. The lowest BCUT2D eigenvalue weighted by molar-refractivity contribution is -0.108. The van der Waals surface area contributed by atoms with E-state index in [1.165, 1.54) is 7.11 Å². The molecule has 1 saturated heterocycles. The van der Waals surface area contributed by atoms with Crippen molar-refractivity contribution in [2.24, 2.45) is 5.92 Å². The van der Waals surface area contributed by atoms with E-state index in [9.17, 15) is 9.59 Å². The summed E-state index contributed by atoms with van der Waals surface area (Å²) in [5, 5.41) is 2.68. The molecule has 18 heavy (non-hydrogen) atoms. The lowest BCUT2D eigenvalue weighted by Gasteiger charge is -2.31. The molecule has 0 aromatic rings. The molecule has 1 fully saturated rings. The van der Waals surface area contributed by atoms with Gasteiger partial charge in [0, 0.05) is 19.5 Å². The Morgan fingerprint density at radius 2 is 2.11 bits per heavy atom. The molecule has 0 spiro atoms. The first kappa shape index (κ1) is 17.2. The first-order chi connectivity index (χ1) is 8.26. The van der Waals surface area contributed by atoms with Crippen LogP contribution in [0.5, 0.6) is 0 Å². The van der Waals surface area contributed by atoms with Crippen molar-refractivity contribution in [2.45, 2.75) is 25.7 Å². The number of carbonyl (C=O) groups excluding carboxylic acids is 2. The number of nitrogens with one attached hydrogen (secondary N) is 1. The molecular weight excluding hydrogens is 256 g/mol. The second-order valence-corrected chi connectivity index (χ2v) is 4.45. The summed E-state index contributed by atoms with van der Waals surface area (Å²) in [7, 11) is 1.37. The van der Waals surface area contributed by atoms with Gasteiger partial charge in [0.1, 0.15) is 6.29 Å². The molecule has 0 unspecified atom stereocenters. The van der Waals surface area contributed by atoms with Gasteiger partial charge in [-0.05, 0) is 38.3 Å². The summed E-state index contributed by atoms with van der Waals surface area (Å²) < 4.78 is 4.50. The summed E-state index contributed by atoms with van der Waals surface area (Å²) in [6.45, 7) is 3.62. The molecule has 0 aliphatic carbocycles. The predicted molar refractivity (Wildman–Crippen MR) is 72.1 cm³/mol. The molecule has 1 rings (SSSR count). The zero-order valence-electron chi connectivity index (χ0n) is 10.9. The van der Waals surface area contributed by atoms with Crippen molar-refractivity contribution >= 4 is 24.8 Å². The van der Waals surface area contributed by atoms with Gasteiger partial charge in [0.25, 0.3) is 0 Å². The van der Waals surface area contributed by atoms with Crippen LogP contribution in [-0.2, 0) is 9.53 Å². The van der Waals surface area contributed by atoms with Crippen LogP contribution in [0, 0.1) is 5.92 Å². The fraction of sp³-hybridized carbons (Fsp3) is 0.833. The van der Waals surface area contributed by atoms with E-state index in [-0.39, 0.29) is 18.5 Å². The highest BCUT2D eigenvalue weighted by atomic mass is 35.5. The monoisotopic (exact) mass is 278 g/mol. The number of rotatable bonds is 6. The maximum Gasteiger partial charge on any atom is 0.406 e. The molecular formula is C12H23ClN2O3. The summed E-state index contributed by atoms with van der Waals surface area (Å²) in [6.07, 6.45) is 4.67. The van der Waals surface area contributed by atoms with Crippen molar-refractivity contribution in [3.05, 3.63) is 0 Å². The Bertz CT molecular complexity index is 243. The Morgan fingerprint density at radius 1 is 1.44 bits per heavy atom. The number of aldehydes is 1. The van der Waals surface area contributed by atoms with Gasteiger partial charge >= 0.3 is 6.09 Å². The number of hydrogen-bond donors (Lipinski definition) is 1. The minimum absolute atomic E-state index is 0. The number of methoxy groups -OCH3 is 1. The number of halogens is 1. The van der Waals surface area contributed by atoms with Crippen molar-refractivity contribution in [1.82, 2.24) is 10.2 Å². The van der Waals surface area contributed by atoms with E-state index >= 15 is 0 Å². The van der Waals surface area contributed by atoms with Crippen LogP contribution in [-0.4, -0.2) is 50.6 Å². The predicted octanol–water partition coefficient (Wildman–Crippen LogP) is 1.46. The van der Waals surface area contributed by atoms with Gasteiger partial charge < -0.3 is 19.7 Å². The lowest BCUT2D eigenvalue weighted by atomic mass is 9.92. The molecule has 0 saturated carbocycles. The summed E-state index contributed by atoms with van der Waals surface area (Å²) in [6, 6.07) is 0. The fourth-order valence-corrected chi connectivity index (χ4v) is 2.19. The Kier molecular flexibility index (Phi) is 9.69. The minimum atomic E-state index is -0.370. The molecule has 1 aliphatic heterocycles. The van der Waals surface area contributed by atoms with Crippen molar-refractivity contribution < 1.29 is 14.3 Å². The molecule has 1 heterocycles. The summed E-state index contributed by atoms with van der Waals surface area (Å²) in [5.41, 5.74) is 0. The van der Waals surface area contributed by atoms with Gasteiger partial charge in [0.05, 0.1) is 7.11 Å². The van der Waals surface area contributed by atoms with Crippen LogP contribution in [0.15, 0.2) is 0 Å². The van der Waals surface area contributed by atoms with Crippen LogP contribution in [0.25, 0.3) is 0 Å². The largest absolute Gasteiger partial charge is 0.453 e. The lowest BCUT2D eigenvalue weighted by Crippen LogP contribution is -2.39. The third-order valence-corrected chi connectivity index (χ3v) is 3.28. The van der Waals surface area contributed by atoms with Crippen molar-refractivity contribution in [2.75, 3.05) is 33.3 Å². The van der Waals surface area contributed by atoms with Crippen LogP contribution in [0.4, 0.5) is 4.79 Å². The number of carbonyl (C=O) groups is 2. The number of ether oxygens (including phenoxy) is 1. The van der Waals surface area contributed by atoms with Gasteiger partial charge in [-0.1, -0.05) is 0 Å². The molecule has 1 aliphatic rings. The van der Waals surface area contributed by atoms with Crippen LogP contribution >= 0.6 is 12.4 Å². The Morgan fingerprint density at radius 3 is 2.67 bits per heavy atom. The van der Waals surface area contributed by atoms with Crippen LogP contribution < -0.4 is 5.32 Å². The number of amides is 1. The normalized spacial score (nSPS) is 16.7. The summed E-state index contributed by atoms with van der Waals surface area (Å²) >= 11 is 0. The Labute approximate surface area is 115 Å². The van der Waals surface area contributed by atoms with E-state index in [4.69, 9.17) is 0 Å². The van der Waals surface area contributed by atoms with Crippen LogP contribution in [0.1, 0.15) is 25.7 Å². The highest BCUT2D eigenvalue weighted by molar-refractivity contribution is 5.85. The Hall–Kier alpha value is -0.810. The molecule has 0 aromatic heterocycles. The molecule has 106 valence electrons. The maximum absolute atomic E-state index is 10.8. The summed E-state index contributed by atoms with van der Waals surface area (Å²) in [4.78, 5) is 23.5. The van der Waals surface area contributed by atoms with Crippen LogP contribution in [0.2, 0.25) is 0 Å². The van der Waals surface area contributed by atoms with Gasteiger partial charge in [-0.3, -0.25) is 0 Å². The van der Waals surface area contributed by atoms with E-state index in [0.717, 1.165) is 45.2 Å². The first-order valence-electron chi connectivity index (χ1n) is 6.24. The zero-order valence-corrected chi connectivity index (χ0v) is 11.7. The fourth-order valence-electron chi connectivity index (χ4n) is 2.19. The summed E-state index contributed by atoms with van der Waals surface area (Å²) in [5.74, 6) is 0.699. The highest BCUT2D eigenvalue weighted by Gasteiger charge is 2.18. The SMILES string of the molecule is COC(=O)NCCN1CCC(CCC=O)CC1.Cl. The van der Waals surface area contributed by atoms with E-state index in [0.29, 0.717) is 18.9 Å². The second-order valence-electron chi connectivity index (χ2n) is 4.45. The minimum Gasteiger partial charge on any atom is -0.453 e. The van der Waals surface area contributed by atoms with Gasteiger partial charge in [0.2, 0.25) is 0 Å². The average molecular weight is 279 g/mol. The van der Waals surface area contributed by atoms with Gasteiger partial charge in [0.15, 0.2) is 0 Å². The second kappa shape index (κ2) is 10.1. The average Bonchev–Trinajstić information content (AvgIpc) is 2.37. The smallest absolute Gasteiger partial charge is 0.406 e. The maximum atomic E-state index is 10.8. The third kappa shape index (κ3) is 6.81. The zero-order chi connectivity index (χ0) is 12.5. The molecule has 5 nitrogen and oxygen atoms in total. The van der Waals surface area contributed by atoms with E-state index in [2.05, 4.69) is 15.0 Å². The number of piperidine rings is 1. The van der Waals surface area contributed by atoms with Gasteiger partial charge in [-0.15, -0.1) is 12.4 Å². The van der Waals surface area contributed by atoms with Crippen molar-refractivity contribution in [3.63, 3.8) is 0 Å². The molecule has 0 aromatic carbocycles. The standard InChI is InChI=1S/C12H22N2O3.ClH/c1-17-12(16)13-6-9-14-7-4-11(5-8-14)3-2-10-15;/h10-11H,2-9H2,1H3,(H,13,16);1H.